The van der Waals surface area contributed by atoms with Crippen molar-refractivity contribution in [1.29, 1.82) is 0 Å². The molecule has 0 saturated carbocycles. The normalized spacial score (nSPS) is 11.6. The van der Waals surface area contributed by atoms with Gasteiger partial charge in [-0.3, -0.25) is 0 Å². The van der Waals surface area contributed by atoms with Crippen molar-refractivity contribution in [1.82, 2.24) is 0 Å². The SMILES string of the molecule is CCOC(C)(C)CNc1c(F)cc(N)cc1F. The lowest BCUT2D eigenvalue weighted by molar-refractivity contribution is 0.000625. The molecule has 0 unspecified atom stereocenters. The van der Waals surface area contributed by atoms with E-state index < -0.39 is 17.2 Å². The Morgan fingerprint density at radius 1 is 1.29 bits per heavy atom. The van der Waals surface area contributed by atoms with E-state index in [1.54, 1.807) is 0 Å². The van der Waals surface area contributed by atoms with E-state index in [4.69, 9.17) is 10.5 Å². The van der Waals surface area contributed by atoms with Gasteiger partial charge in [-0.15, -0.1) is 0 Å². The van der Waals surface area contributed by atoms with Crippen LogP contribution in [0.4, 0.5) is 20.2 Å². The molecule has 0 amide bonds. The number of ether oxygens (including phenoxy) is 1. The zero-order valence-corrected chi connectivity index (χ0v) is 10.3. The van der Waals surface area contributed by atoms with Crippen LogP contribution in [0.3, 0.4) is 0 Å². The monoisotopic (exact) mass is 244 g/mol. The molecular weight excluding hydrogens is 226 g/mol. The van der Waals surface area contributed by atoms with E-state index in [0.717, 1.165) is 12.1 Å². The molecule has 0 atom stereocenters. The number of nitrogen functional groups attached to an aromatic ring is 1. The quantitative estimate of drug-likeness (QED) is 0.783. The van der Waals surface area contributed by atoms with Gasteiger partial charge in [0, 0.05) is 18.8 Å². The van der Waals surface area contributed by atoms with Gasteiger partial charge in [0.05, 0.1) is 5.60 Å². The fraction of sp³-hybridized carbons (Fsp3) is 0.500. The molecule has 1 aromatic rings. The van der Waals surface area contributed by atoms with Gasteiger partial charge in [0.15, 0.2) is 11.6 Å². The molecule has 0 aliphatic heterocycles. The lowest BCUT2D eigenvalue weighted by Crippen LogP contribution is -2.33. The number of hydrogen-bond acceptors (Lipinski definition) is 3. The topological polar surface area (TPSA) is 47.3 Å². The highest BCUT2D eigenvalue weighted by Gasteiger charge is 2.19. The molecule has 0 saturated heterocycles. The van der Waals surface area contributed by atoms with E-state index >= 15 is 0 Å². The van der Waals surface area contributed by atoms with Crippen molar-refractivity contribution in [3.63, 3.8) is 0 Å². The predicted molar refractivity (Wildman–Crippen MR) is 65.0 cm³/mol. The summed E-state index contributed by atoms with van der Waals surface area (Å²) in [5.74, 6) is -1.40. The maximum Gasteiger partial charge on any atom is 0.151 e. The molecule has 0 bridgehead atoms. The van der Waals surface area contributed by atoms with E-state index in [0.29, 0.717) is 13.2 Å². The van der Waals surface area contributed by atoms with Crippen LogP contribution in [0.1, 0.15) is 20.8 Å². The highest BCUT2D eigenvalue weighted by atomic mass is 19.1. The summed E-state index contributed by atoms with van der Waals surface area (Å²) in [6, 6.07) is 2.16. The summed E-state index contributed by atoms with van der Waals surface area (Å²) < 4.78 is 32.3. The van der Waals surface area contributed by atoms with Crippen LogP contribution in [0.15, 0.2) is 12.1 Å². The largest absolute Gasteiger partial charge is 0.399 e. The van der Waals surface area contributed by atoms with Crippen LogP contribution in [-0.2, 0) is 4.74 Å². The van der Waals surface area contributed by atoms with Gasteiger partial charge in [0.2, 0.25) is 0 Å². The third kappa shape index (κ3) is 3.85. The second kappa shape index (κ2) is 5.31. The van der Waals surface area contributed by atoms with Crippen LogP contribution >= 0.6 is 0 Å². The molecule has 0 spiro atoms. The van der Waals surface area contributed by atoms with Crippen LogP contribution in [0, 0.1) is 11.6 Å². The number of nitrogens with one attached hydrogen (secondary N) is 1. The van der Waals surface area contributed by atoms with Gasteiger partial charge in [-0.05, 0) is 32.9 Å². The van der Waals surface area contributed by atoms with Crippen molar-refractivity contribution in [3.8, 4) is 0 Å². The van der Waals surface area contributed by atoms with Crippen molar-refractivity contribution in [2.24, 2.45) is 0 Å². The zero-order chi connectivity index (χ0) is 13.1. The van der Waals surface area contributed by atoms with Crippen molar-refractivity contribution in [3.05, 3.63) is 23.8 Å². The number of benzene rings is 1. The lowest BCUT2D eigenvalue weighted by atomic mass is 10.1. The Morgan fingerprint density at radius 3 is 2.29 bits per heavy atom. The van der Waals surface area contributed by atoms with E-state index in [-0.39, 0.29) is 11.4 Å². The molecule has 0 aliphatic carbocycles. The Balaban J connectivity index is 2.76. The average Bonchev–Trinajstić information content (AvgIpc) is 2.15. The van der Waals surface area contributed by atoms with Gasteiger partial charge in [-0.1, -0.05) is 0 Å². The lowest BCUT2D eigenvalue weighted by Gasteiger charge is -2.25. The van der Waals surface area contributed by atoms with Gasteiger partial charge < -0.3 is 15.8 Å². The average molecular weight is 244 g/mol. The van der Waals surface area contributed by atoms with Gasteiger partial charge in [0.25, 0.3) is 0 Å². The van der Waals surface area contributed by atoms with Crippen molar-refractivity contribution >= 4 is 11.4 Å². The van der Waals surface area contributed by atoms with E-state index in [1.165, 1.54) is 0 Å². The van der Waals surface area contributed by atoms with Crippen LogP contribution < -0.4 is 11.1 Å². The molecule has 0 radical (unpaired) electrons. The minimum Gasteiger partial charge on any atom is -0.399 e. The molecular formula is C12H18F2N2O. The van der Waals surface area contributed by atoms with Crippen LogP contribution in [0.25, 0.3) is 0 Å². The summed E-state index contributed by atoms with van der Waals surface area (Å²) in [6.45, 7) is 6.40. The summed E-state index contributed by atoms with van der Waals surface area (Å²) in [5.41, 5.74) is 4.72. The highest BCUT2D eigenvalue weighted by molar-refractivity contribution is 5.54. The fourth-order valence-electron chi connectivity index (χ4n) is 1.50. The number of rotatable bonds is 5. The molecule has 0 heterocycles. The molecule has 5 heteroatoms. The summed E-state index contributed by atoms with van der Waals surface area (Å²) in [5, 5.41) is 2.70. The predicted octanol–water partition coefficient (Wildman–Crippen LogP) is 2.77. The van der Waals surface area contributed by atoms with Crippen LogP contribution in [0.2, 0.25) is 0 Å². The van der Waals surface area contributed by atoms with Gasteiger partial charge >= 0.3 is 0 Å². The number of nitrogens with two attached hydrogens (primary N) is 1. The summed E-state index contributed by atoms with van der Waals surface area (Å²) in [6.07, 6.45) is 0. The molecule has 3 N–H and O–H groups in total. The Morgan fingerprint density at radius 2 is 1.82 bits per heavy atom. The summed E-state index contributed by atoms with van der Waals surface area (Å²) >= 11 is 0. The minimum atomic E-state index is -0.699. The van der Waals surface area contributed by atoms with E-state index in [2.05, 4.69) is 5.32 Å². The number of anilines is 2. The van der Waals surface area contributed by atoms with Crippen molar-refractivity contribution in [2.45, 2.75) is 26.4 Å². The first-order valence-corrected chi connectivity index (χ1v) is 5.48. The smallest absolute Gasteiger partial charge is 0.151 e. The van der Waals surface area contributed by atoms with Gasteiger partial charge in [-0.25, -0.2) is 8.78 Å². The van der Waals surface area contributed by atoms with Gasteiger partial charge in [0.1, 0.15) is 5.69 Å². The van der Waals surface area contributed by atoms with Crippen molar-refractivity contribution < 1.29 is 13.5 Å². The molecule has 17 heavy (non-hydrogen) atoms. The second-order valence-electron chi connectivity index (χ2n) is 4.41. The molecule has 0 aromatic heterocycles. The minimum absolute atomic E-state index is 0.0645. The number of hydrogen-bond donors (Lipinski definition) is 2. The van der Waals surface area contributed by atoms with Crippen LogP contribution in [0.5, 0.6) is 0 Å². The standard InChI is InChI=1S/C12H18F2N2O/c1-4-17-12(2,3)7-16-11-9(13)5-8(15)6-10(11)14/h5-6,16H,4,7,15H2,1-3H3. The Hall–Kier alpha value is -1.36. The second-order valence-corrected chi connectivity index (χ2v) is 4.41. The van der Waals surface area contributed by atoms with E-state index in [9.17, 15) is 8.78 Å². The molecule has 96 valence electrons. The first kappa shape index (κ1) is 13.7. The Labute approximate surface area is 100.0 Å². The highest BCUT2D eigenvalue weighted by Crippen LogP contribution is 2.23. The summed E-state index contributed by atoms with van der Waals surface area (Å²) in [4.78, 5) is 0. The molecule has 0 aliphatic rings. The number of halogens is 2. The zero-order valence-electron chi connectivity index (χ0n) is 10.3. The Bertz CT molecular complexity index is 371. The van der Waals surface area contributed by atoms with Gasteiger partial charge in [-0.2, -0.15) is 0 Å². The fourth-order valence-corrected chi connectivity index (χ4v) is 1.50. The maximum absolute atomic E-state index is 13.4. The third-order valence-electron chi connectivity index (χ3n) is 2.29. The van der Waals surface area contributed by atoms with E-state index in [1.807, 2.05) is 20.8 Å². The summed E-state index contributed by atoms with van der Waals surface area (Å²) in [7, 11) is 0. The first-order valence-electron chi connectivity index (χ1n) is 5.48. The third-order valence-corrected chi connectivity index (χ3v) is 2.29. The Kier molecular flexibility index (Phi) is 4.28. The molecule has 0 fully saturated rings. The molecule has 1 rings (SSSR count). The van der Waals surface area contributed by atoms with Crippen LogP contribution in [-0.4, -0.2) is 18.8 Å². The molecule has 3 nitrogen and oxygen atoms in total. The first-order chi connectivity index (χ1) is 7.85. The molecule has 1 aromatic carbocycles. The van der Waals surface area contributed by atoms with Crippen molar-refractivity contribution in [2.75, 3.05) is 24.2 Å². The maximum atomic E-state index is 13.4.